The third-order valence-electron chi connectivity index (χ3n) is 2.60. The second kappa shape index (κ2) is 6.23. The molecular formula is C11H17ClN2OS. The maximum atomic E-state index is 11.8. The summed E-state index contributed by atoms with van der Waals surface area (Å²) in [5.74, 6) is 0.0711. The minimum Gasteiger partial charge on any atom is -0.347 e. The summed E-state index contributed by atoms with van der Waals surface area (Å²) in [6.45, 7) is 3.99. The van der Waals surface area contributed by atoms with E-state index in [1.807, 2.05) is 19.1 Å². The zero-order valence-corrected chi connectivity index (χ0v) is 10.9. The van der Waals surface area contributed by atoms with E-state index in [1.54, 1.807) is 11.3 Å². The highest BCUT2D eigenvalue weighted by Gasteiger charge is 2.16. The molecule has 0 aliphatic carbocycles. The van der Waals surface area contributed by atoms with Crippen molar-refractivity contribution in [3.05, 3.63) is 21.9 Å². The largest absolute Gasteiger partial charge is 0.347 e. The van der Waals surface area contributed by atoms with Crippen LogP contribution in [0.1, 0.15) is 27.4 Å². The highest BCUT2D eigenvalue weighted by Crippen LogP contribution is 2.15. The number of rotatable bonds is 2. The van der Waals surface area contributed by atoms with Gasteiger partial charge in [0.1, 0.15) is 0 Å². The molecule has 16 heavy (non-hydrogen) atoms. The van der Waals surface area contributed by atoms with Gasteiger partial charge in [0.2, 0.25) is 0 Å². The molecule has 0 aromatic carbocycles. The monoisotopic (exact) mass is 260 g/mol. The molecule has 90 valence electrons. The number of hydrogen-bond acceptors (Lipinski definition) is 3. The Morgan fingerprint density at radius 3 is 2.94 bits per heavy atom. The summed E-state index contributed by atoms with van der Waals surface area (Å²) in [5.41, 5.74) is 0. The maximum absolute atomic E-state index is 11.8. The summed E-state index contributed by atoms with van der Waals surface area (Å²) in [4.78, 5) is 13.8. The van der Waals surface area contributed by atoms with E-state index in [0.717, 1.165) is 30.8 Å². The van der Waals surface area contributed by atoms with Crippen molar-refractivity contribution < 1.29 is 4.79 Å². The summed E-state index contributed by atoms with van der Waals surface area (Å²) < 4.78 is 0. The Hall–Kier alpha value is -0.580. The fraction of sp³-hybridized carbons (Fsp3) is 0.545. The van der Waals surface area contributed by atoms with E-state index in [4.69, 9.17) is 0 Å². The molecule has 2 rings (SSSR count). The number of thiophene rings is 1. The first kappa shape index (κ1) is 13.5. The first-order chi connectivity index (χ1) is 7.25. The standard InChI is InChI=1S/C11H16N2OS.ClH/c1-8-4-5-10(15-8)11(14)13-9-3-2-6-12-7-9;/h4-5,9,12H,2-3,6-7H2,1H3,(H,13,14);1H/t9-;/m1./s1. The van der Waals surface area contributed by atoms with Gasteiger partial charge in [0.05, 0.1) is 4.88 Å². The van der Waals surface area contributed by atoms with Gasteiger partial charge in [-0.1, -0.05) is 0 Å². The predicted molar refractivity (Wildman–Crippen MR) is 69.7 cm³/mol. The molecule has 1 aliphatic heterocycles. The van der Waals surface area contributed by atoms with Gasteiger partial charge in [0.25, 0.3) is 5.91 Å². The maximum Gasteiger partial charge on any atom is 0.261 e. The molecule has 0 unspecified atom stereocenters. The Kier molecular flexibility index (Phi) is 5.25. The van der Waals surface area contributed by atoms with E-state index in [1.165, 1.54) is 4.88 Å². The summed E-state index contributed by atoms with van der Waals surface area (Å²) in [6.07, 6.45) is 2.23. The van der Waals surface area contributed by atoms with E-state index in [2.05, 4.69) is 10.6 Å². The van der Waals surface area contributed by atoms with Gasteiger partial charge in [-0.3, -0.25) is 4.79 Å². The van der Waals surface area contributed by atoms with Crippen LogP contribution in [0, 0.1) is 6.92 Å². The van der Waals surface area contributed by atoms with Gasteiger partial charge in [-0.15, -0.1) is 23.7 Å². The Balaban J connectivity index is 0.00000128. The van der Waals surface area contributed by atoms with Crippen molar-refractivity contribution in [1.29, 1.82) is 0 Å². The second-order valence-corrected chi connectivity index (χ2v) is 5.21. The number of hydrogen-bond donors (Lipinski definition) is 2. The topological polar surface area (TPSA) is 41.1 Å². The number of halogens is 1. The van der Waals surface area contributed by atoms with Gasteiger partial charge in [0, 0.05) is 17.5 Å². The van der Waals surface area contributed by atoms with Crippen LogP contribution >= 0.6 is 23.7 Å². The second-order valence-electron chi connectivity index (χ2n) is 3.93. The van der Waals surface area contributed by atoms with E-state index in [9.17, 15) is 4.79 Å². The fourth-order valence-corrected chi connectivity index (χ4v) is 2.56. The third kappa shape index (κ3) is 3.47. The molecule has 1 amide bonds. The SMILES string of the molecule is Cc1ccc(C(=O)N[C@@H]2CCCNC2)s1.Cl. The average Bonchev–Trinajstić information content (AvgIpc) is 2.66. The van der Waals surface area contributed by atoms with Crippen molar-refractivity contribution in [2.24, 2.45) is 0 Å². The van der Waals surface area contributed by atoms with Gasteiger partial charge < -0.3 is 10.6 Å². The zero-order valence-electron chi connectivity index (χ0n) is 9.29. The molecule has 2 heterocycles. The van der Waals surface area contributed by atoms with Gasteiger partial charge in [-0.2, -0.15) is 0 Å². The number of nitrogens with one attached hydrogen (secondary N) is 2. The van der Waals surface area contributed by atoms with Gasteiger partial charge in [-0.05, 0) is 38.4 Å². The molecule has 1 aromatic rings. The highest BCUT2D eigenvalue weighted by molar-refractivity contribution is 7.13. The molecule has 1 aromatic heterocycles. The zero-order chi connectivity index (χ0) is 10.7. The quantitative estimate of drug-likeness (QED) is 0.854. The lowest BCUT2D eigenvalue weighted by Gasteiger charge is -2.23. The summed E-state index contributed by atoms with van der Waals surface area (Å²) in [5, 5.41) is 6.34. The van der Waals surface area contributed by atoms with Crippen LogP contribution in [0.4, 0.5) is 0 Å². The normalized spacial score (nSPS) is 19.9. The van der Waals surface area contributed by atoms with E-state index in [-0.39, 0.29) is 18.3 Å². The van der Waals surface area contributed by atoms with Gasteiger partial charge in [-0.25, -0.2) is 0 Å². The molecular weight excluding hydrogens is 244 g/mol. The molecule has 5 heteroatoms. The first-order valence-corrected chi connectivity index (χ1v) is 6.15. The van der Waals surface area contributed by atoms with Crippen LogP contribution in [-0.2, 0) is 0 Å². The number of aryl methyl sites for hydroxylation is 1. The molecule has 2 N–H and O–H groups in total. The minimum atomic E-state index is 0. The molecule has 1 saturated heterocycles. The highest BCUT2D eigenvalue weighted by atomic mass is 35.5. The van der Waals surface area contributed by atoms with Crippen LogP contribution in [0.5, 0.6) is 0 Å². The molecule has 1 fully saturated rings. The van der Waals surface area contributed by atoms with E-state index < -0.39 is 0 Å². The lowest BCUT2D eigenvalue weighted by atomic mass is 10.1. The van der Waals surface area contributed by atoms with Crippen molar-refractivity contribution in [3.63, 3.8) is 0 Å². The van der Waals surface area contributed by atoms with Gasteiger partial charge in [0.15, 0.2) is 0 Å². The lowest BCUT2D eigenvalue weighted by Crippen LogP contribution is -2.45. The number of carbonyl (C=O) groups excluding carboxylic acids is 1. The summed E-state index contributed by atoms with van der Waals surface area (Å²) in [6, 6.07) is 4.18. The minimum absolute atomic E-state index is 0. The summed E-state index contributed by atoms with van der Waals surface area (Å²) in [7, 11) is 0. The van der Waals surface area contributed by atoms with Gasteiger partial charge >= 0.3 is 0 Å². The predicted octanol–water partition coefficient (Wildman–Crippen LogP) is 1.96. The van der Waals surface area contributed by atoms with Crippen LogP contribution in [0.2, 0.25) is 0 Å². The Morgan fingerprint density at radius 1 is 1.56 bits per heavy atom. The number of piperidine rings is 1. The lowest BCUT2D eigenvalue weighted by molar-refractivity contribution is 0.0935. The van der Waals surface area contributed by atoms with Crippen molar-refractivity contribution in [2.75, 3.05) is 13.1 Å². The van der Waals surface area contributed by atoms with Crippen molar-refractivity contribution in [2.45, 2.75) is 25.8 Å². The molecule has 0 radical (unpaired) electrons. The van der Waals surface area contributed by atoms with Crippen LogP contribution < -0.4 is 10.6 Å². The Morgan fingerprint density at radius 2 is 2.38 bits per heavy atom. The summed E-state index contributed by atoms with van der Waals surface area (Å²) >= 11 is 1.55. The van der Waals surface area contributed by atoms with Crippen molar-refractivity contribution in [1.82, 2.24) is 10.6 Å². The average molecular weight is 261 g/mol. The Labute approximate surface area is 106 Å². The van der Waals surface area contributed by atoms with E-state index >= 15 is 0 Å². The van der Waals surface area contributed by atoms with E-state index in [0.29, 0.717) is 6.04 Å². The third-order valence-corrected chi connectivity index (χ3v) is 3.60. The number of carbonyl (C=O) groups is 1. The van der Waals surface area contributed by atoms with Crippen LogP contribution in [0.25, 0.3) is 0 Å². The van der Waals surface area contributed by atoms with Crippen LogP contribution in [0.15, 0.2) is 12.1 Å². The van der Waals surface area contributed by atoms with Crippen molar-refractivity contribution in [3.8, 4) is 0 Å². The molecule has 1 atom stereocenters. The molecule has 0 saturated carbocycles. The fourth-order valence-electron chi connectivity index (χ4n) is 1.79. The smallest absolute Gasteiger partial charge is 0.261 e. The van der Waals surface area contributed by atoms with Crippen molar-refractivity contribution >= 4 is 29.7 Å². The first-order valence-electron chi connectivity index (χ1n) is 5.34. The molecule has 1 aliphatic rings. The van der Waals surface area contributed by atoms with Crippen LogP contribution in [0.3, 0.4) is 0 Å². The molecule has 0 bridgehead atoms. The Bertz CT molecular complexity index is 348. The molecule has 3 nitrogen and oxygen atoms in total. The number of amides is 1. The van der Waals surface area contributed by atoms with Crippen LogP contribution in [-0.4, -0.2) is 25.0 Å². The molecule has 0 spiro atoms.